The van der Waals surface area contributed by atoms with Crippen molar-refractivity contribution in [3.63, 3.8) is 0 Å². The third-order valence-corrected chi connectivity index (χ3v) is 8.28. The van der Waals surface area contributed by atoms with Gasteiger partial charge < -0.3 is 5.32 Å². The molecule has 0 spiro atoms. The molecule has 4 aromatic carbocycles. The molecule has 7 heteroatoms. The lowest BCUT2D eigenvalue weighted by Crippen LogP contribution is -2.32. The van der Waals surface area contributed by atoms with Crippen LogP contribution in [0.4, 0.5) is 0 Å². The topological polar surface area (TPSA) is 59.8 Å². The molecule has 5 nitrogen and oxygen atoms in total. The summed E-state index contributed by atoms with van der Waals surface area (Å²) >= 11 is 8.11. The van der Waals surface area contributed by atoms with Crippen LogP contribution in [0, 0.1) is 13.8 Å². The maximum absolute atomic E-state index is 13.5. The summed E-state index contributed by atoms with van der Waals surface area (Å²) in [5.41, 5.74) is 7.24. The van der Waals surface area contributed by atoms with Crippen molar-refractivity contribution in [2.24, 2.45) is 0 Å². The van der Waals surface area contributed by atoms with E-state index in [1.54, 1.807) is 11.8 Å². The van der Waals surface area contributed by atoms with Crippen molar-refractivity contribution in [3.05, 3.63) is 141 Å². The number of halogens is 1. The average molecular weight is 581 g/mol. The van der Waals surface area contributed by atoms with Crippen molar-refractivity contribution in [1.29, 1.82) is 0 Å². The van der Waals surface area contributed by atoms with E-state index in [4.69, 9.17) is 16.7 Å². The van der Waals surface area contributed by atoms with Gasteiger partial charge in [0, 0.05) is 16.3 Å². The molecular formula is C34H33ClN4OS. The number of carbonyl (C=O) groups is 1. The van der Waals surface area contributed by atoms with Crippen molar-refractivity contribution in [3.8, 4) is 5.69 Å². The number of thioether (sulfide) groups is 1. The minimum absolute atomic E-state index is 0.153. The number of amides is 1. The van der Waals surface area contributed by atoms with Crippen LogP contribution in [0.15, 0.2) is 102 Å². The summed E-state index contributed by atoms with van der Waals surface area (Å²) in [5.74, 6) is 1.24. The van der Waals surface area contributed by atoms with E-state index in [1.165, 1.54) is 16.7 Å². The van der Waals surface area contributed by atoms with Gasteiger partial charge in [-0.05, 0) is 73.2 Å². The van der Waals surface area contributed by atoms with E-state index in [9.17, 15) is 4.79 Å². The van der Waals surface area contributed by atoms with E-state index in [2.05, 4.69) is 65.2 Å². The van der Waals surface area contributed by atoms with Gasteiger partial charge in [0.15, 0.2) is 11.0 Å². The molecule has 0 bridgehead atoms. The maximum atomic E-state index is 13.5. The fourth-order valence-corrected chi connectivity index (χ4v) is 5.85. The van der Waals surface area contributed by atoms with Gasteiger partial charge in [-0.3, -0.25) is 9.36 Å². The predicted molar refractivity (Wildman–Crippen MR) is 168 cm³/mol. The van der Waals surface area contributed by atoms with Gasteiger partial charge in [0.1, 0.15) is 0 Å². The van der Waals surface area contributed by atoms with Crippen LogP contribution in [-0.4, -0.2) is 20.7 Å². The molecule has 0 saturated heterocycles. The molecule has 5 aromatic rings. The Morgan fingerprint density at radius 2 is 1.63 bits per heavy atom. The van der Waals surface area contributed by atoms with Crippen molar-refractivity contribution >= 4 is 29.3 Å². The zero-order valence-electron chi connectivity index (χ0n) is 23.5. The van der Waals surface area contributed by atoms with Crippen LogP contribution >= 0.6 is 23.4 Å². The molecular weight excluding hydrogens is 548 g/mol. The normalized spacial score (nSPS) is 11.8. The molecule has 5 rings (SSSR count). The van der Waals surface area contributed by atoms with Crippen molar-refractivity contribution < 1.29 is 4.79 Å². The Balaban J connectivity index is 1.56. The van der Waals surface area contributed by atoms with Gasteiger partial charge >= 0.3 is 0 Å². The zero-order valence-corrected chi connectivity index (χ0v) is 25.0. The Kier molecular flexibility index (Phi) is 9.22. The fraction of sp³-hybridized carbons (Fsp3) is 0.206. The summed E-state index contributed by atoms with van der Waals surface area (Å²) in [6.45, 7) is 6.24. The minimum atomic E-state index is -0.435. The number of aromatic nitrogens is 3. The van der Waals surface area contributed by atoms with Gasteiger partial charge in [0.05, 0.1) is 11.7 Å². The number of nitrogens with zero attached hydrogens (tertiary/aromatic N) is 3. The van der Waals surface area contributed by atoms with Crippen molar-refractivity contribution in [1.82, 2.24) is 20.1 Å². The number of benzene rings is 4. The molecule has 0 aliphatic rings. The molecule has 208 valence electrons. The van der Waals surface area contributed by atoms with Gasteiger partial charge in [0.2, 0.25) is 0 Å². The van der Waals surface area contributed by atoms with E-state index >= 15 is 0 Å². The second-order valence-electron chi connectivity index (χ2n) is 10.2. The van der Waals surface area contributed by atoms with E-state index in [0.717, 1.165) is 34.1 Å². The molecule has 1 heterocycles. The Labute approximate surface area is 251 Å². The van der Waals surface area contributed by atoms with E-state index in [-0.39, 0.29) is 5.91 Å². The fourth-order valence-electron chi connectivity index (χ4n) is 4.79. The third-order valence-electron chi connectivity index (χ3n) is 7.04. The molecule has 0 radical (unpaired) electrons. The van der Waals surface area contributed by atoms with Crippen LogP contribution in [0.25, 0.3) is 5.69 Å². The SMILES string of the molecule is CCc1ccc(C(=O)NC(Cc2ccccc2)c2nnc(SCc3cccc(C)c3)n2-c2cc(Cl)ccc2C)cc1. The van der Waals surface area contributed by atoms with Crippen LogP contribution in [0.5, 0.6) is 0 Å². The monoisotopic (exact) mass is 580 g/mol. The van der Waals surface area contributed by atoms with Crippen molar-refractivity contribution in [2.45, 2.75) is 50.6 Å². The van der Waals surface area contributed by atoms with Crippen LogP contribution in [0.3, 0.4) is 0 Å². The Morgan fingerprint density at radius 3 is 2.37 bits per heavy atom. The first-order chi connectivity index (χ1) is 19.9. The number of aryl methyl sites for hydroxylation is 3. The summed E-state index contributed by atoms with van der Waals surface area (Å²) in [6.07, 6.45) is 1.48. The summed E-state index contributed by atoms with van der Waals surface area (Å²) < 4.78 is 2.05. The summed E-state index contributed by atoms with van der Waals surface area (Å²) in [6, 6.07) is 31.7. The Morgan fingerprint density at radius 1 is 0.878 bits per heavy atom. The van der Waals surface area contributed by atoms with Gasteiger partial charge in [-0.15, -0.1) is 10.2 Å². The first-order valence-corrected chi connectivity index (χ1v) is 15.1. The number of rotatable bonds is 10. The third kappa shape index (κ3) is 7.07. The predicted octanol–water partition coefficient (Wildman–Crippen LogP) is 8.11. The lowest BCUT2D eigenvalue weighted by molar-refractivity contribution is 0.0934. The quantitative estimate of drug-likeness (QED) is 0.169. The molecule has 0 saturated carbocycles. The molecule has 1 amide bonds. The molecule has 0 aliphatic carbocycles. The minimum Gasteiger partial charge on any atom is -0.342 e. The van der Waals surface area contributed by atoms with Crippen LogP contribution < -0.4 is 5.32 Å². The van der Waals surface area contributed by atoms with E-state index < -0.39 is 6.04 Å². The zero-order chi connectivity index (χ0) is 28.8. The number of nitrogens with one attached hydrogen (secondary N) is 1. The Hall–Kier alpha value is -3.87. The number of hydrogen-bond donors (Lipinski definition) is 1. The lowest BCUT2D eigenvalue weighted by atomic mass is 10.0. The molecule has 0 aliphatic heterocycles. The van der Waals surface area contributed by atoms with Gasteiger partial charge in [0.25, 0.3) is 5.91 Å². The highest BCUT2D eigenvalue weighted by atomic mass is 35.5. The molecule has 41 heavy (non-hydrogen) atoms. The first-order valence-electron chi connectivity index (χ1n) is 13.7. The maximum Gasteiger partial charge on any atom is 0.251 e. The summed E-state index contributed by atoms with van der Waals surface area (Å²) in [7, 11) is 0. The summed E-state index contributed by atoms with van der Waals surface area (Å²) in [4.78, 5) is 13.5. The second kappa shape index (κ2) is 13.2. The lowest BCUT2D eigenvalue weighted by Gasteiger charge is -2.21. The number of hydrogen-bond acceptors (Lipinski definition) is 4. The van der Waals surface area contributed by atoms with Gasteiger partial charge in [-0.25, -0.2) is 0 Å². The first kappa shape index (κ1) is 28.7. The molecule has 1 atom stereocenters. The molecule has 1 unspecified atom stereocenters. The van der Waals surface area contributed by atoms with Gasteiger partial charge in [-0.2, -0.15) is 0 Å². The average Bonchev–Trinajstić information content (AvgIpc) is 3.41. The number of carbonyl (C=O) groups excluding carboxylic acids is 1. The standard InChI is InChI=1S/C34H33ClN4OS/c1-4-25-14-16-28(17-15-25)33(40)36-30(20-26-10-6-5-7-11-26)32-37-38-34(41-22-27-12-8-9-23(2)19-27)39(32)31-21-29(35)18-13-24(31)3/h5-19,21,30H,4,20,22H2,1-3H3,(H,36,40). The van der Waals surface area contributed by atoms with Crippen LogP contribution in [0.2, 0.25) is 5.02 Å². The molecule has 1 aromatic heterocycles. The summed E-state index contributed by atoms with van der Waals surface area (Å²) in [5, 5.41) is 14.0. The van der Waals surface area contributed by atoms with Gasteiger partial charge in [-0.1, -0.05) is 109 Å². The highest BCUT2D eigenvalue weighted by Crippen LogP contribution is 2.32. The highest BCUT2D eigenvalue weighted by Gasteiger charge is 2.26. The van der Waals surface area contributed by atoms with Crippen LogP contribution in [0.1, 0.15) is 57.0 Å². The van der Waals surface area contributed by atoms with E-state index in [1.807, 2.05) is 67.6 Å². The second-order valence-corrected chi connectivity index (χ2v) is 11.5. The van der Waals surface area contributed by atoms with Crippen molar-refractivity contribution in [2.75, 3.05) is 0 Å². The highest BCUT2D eigenvalue weighted by molar-refractivity contribution is 7.98. The Bertz CT molecular complexity index is 1630. The largest absolute Gasteiger partial charge is 0.342 e. The smallest absolute Gasteiger partial charge is 0.251 e. The van der Waals surface area contributed by atoms with E-state index in [0.29, 0.717) is 22.8 Å². The molecule has 1 N–H and O–H groups in total. The van der Waals surface area contributed by atoms with Crippen LogP contribution in [-0.2, 0) is 18.6 Å². The molecule has 0 fully saturated rings.